The molecule has 0 saturated heterocycles. The van der Waals surface area contributed by atoms with Crippen molar-refractivity contribution in [3.05, 3.63) is 0 Å². The lowest BCUT2D eigenvalue weighted by atomic mass is 10.2. The van der Waals surface area contributed by atoms with E-state index in [1.54, 1.807) is 14.0 Å². The first-order chi connectivity index (χ1) is 6.24. The minimum absolute atomic E-state index is 0.00158. The van der Waals surface area contributed by atoms with Crippen LogP contribution in [0.2, 0.25) is 0 Å². The lowest BCUT2D eigenvalue weighted by Crippen LogP contribution is -2.34. The third kappa shape index (κ3) is 4.27. The van der Waals surface area contributed by atoms with Gasteiger partial charge in [0, 0.05) is 13.7 Å². The third-order valence-corrected chi connectivity index (χ3v) is 2.51. The van der Waals surface area contributed by atoms with Crippen molar-refractivity contribution in [1.82, 2.24) is 5.32 Å². The van der Waals surface area contributed by atoms with Crippen LogP contribution in [0.5, 0.6) is 0 Å². The first-order valence-corrected chi connectivity index (χ1v) is 5.04. The molecular formula is C10H19NO2. The van der Waals surface area contributed by atoms with Crippen molar-refractivity contribution in [2.24, 2.45) is 5.92 Å². The van der Waals surface area contributed by atoms with E-state index in [1.165, 1.54) is 19.3 Å². The molecule has 0 aromatic heterocycles. The molecule has 1 N–H and O–H groups in total. The second-order valence-corrected chi connectivity index (χ2v) is 3.75. The zero-order valence-corrected chi connectivity index (χ0v) is 8.51. The molecule has 1 unspecified atom stereocenters. The molecule has 1 fully saturated rings. The summed E-state index contributed by atoms with van der Waals surface area (Å²) in [6, 6.07) is 0. The summed E-state index contributed by atoms with van der Waals surface area (Å²) in [5, 5.41) is 2.85. The maximum Gasteiger partial charge on any atom is 0.248 e. The summed E-state index contributed by atoms with van der Waals surface area (Å²) in [4.78, 5) is 11.2. The van der Waals surface area contributed by atoms with Crippen molar-refractivity contribution >= 4 is 5.91 Å². The van der Waals surface area contributed by atoms with Crippen LogP contribution in [0, 0.1) is 5.92 Å². The monoisotopic (exact) mass is 185 g/mol. The standard InChI is InChI=1S/C10H19NO2/c1-8(13-2)10(12)11-7-3-4-9-5-6-9/h8-9H,3-7H2,1-2H3,(H,11,12). The number of carbonyl (C=O) groups is 1. The first-order valence-electron chi connectivity index (χ1n) is 5.04. The number of hydrogen-bond acceptors (Lipinski definition) is 2. The van der Waals surface area contributed by atoms with Crippen LogP contribution in [0.15, 0.2) is 0 Å². The molecular weight excluding hydrogens is 166 g/mol. The molecule has 0 aromatic rings. The van der Waals surface area contributed by atoms with Crippen LogP contribution in [0.25, 0.3) is 0 Å². The lowest BCUT2D eigenvalue weighted by molar-refractivity contribution is -0.130. The van der Waals surface area contributed by atoms with E-state index < -0.39 is 0 Å². The van der Waals surface area contributed by atoms with Crippen LogP contribution in [0.1, 0.15) is 32.6 Å². The Morgan fingerprint density at radius 1 is 1.62 bits per heavy atom. The van der Waals surface area contributed by atoms with Crippen molar-refractivity contribution in [1.29, 1.82) is 0 Å². The minimum atomic E-state index is -0.319. The van der Waals surface area contributed by atoms with E-state index in [4.69, 9.17) is 4.74 Å². The third-order valence-electron chi connectivity index (χ3n) is 2.51. The average Bonchev–Trinajstić information content (AvgIpc) is 2.94. The highest BCUT2D eigenvalue weighted by molar-refractivity contribution is 5.80. The van der Waals surface area contributed by atoms with Gasteiger partial charge in [-0.1, -0.05) is 12.8 Å². The molecule has 0 spiro atoms. The SMILES string of the molecule is COC(C)C(=O)NCCCC1CC1. The highest BCUT2D eigenvalue weighted by Crippen LogP contribution is 2.33. The van der Waals surface area contributed by atoms with E-state index in [0.29, 0.717) is 0 Å². The molecule has 0 radical (unpaired) electrons. The maximum atomic E-state index is 11.2. The molecule has 1 rings (SSSR count). The zero-order chi connectivity index (χ0) is 9.68. The van der Waals surface area contributed by atoms with Crippen molar-refractivity contribution in [2.45, 2.75) is 38.7 Å². The van der Waals surface area contributed by atoms with Gasteiger partial charge in [0.15, 0.2) is 0 Å². The number of methoxy groups -OCH3 is 1. The predicted octanol–water partition coefficient (Wildman–Crippen LogP) is 1.33. The van der Waals surface area contributed by atoms with Gasteiger partial charge in [0.25, 0.3) is 0 Å². The van der Waals surface area contributed by atoms with E-state index in [0.717, 1.165) is 18.9 Å². The smallest absolute Gasteiger partial charge is 0.248 e. The van der Waals surface area contributed by atoms with Crippen molar-refractivity contribution in [2.75, 3.05) is 13.7 Å². The summed E-state index contributed by atoms with van der Waals surface area (Å²) in [5.74, 6) is 0.954. The van der Waals surface area contributed by atoms with E-state index in [-0.39, 0.29) is 12.0 Å². The van der Waals surface area contributed by atoms with Gasteiger partial charge in [-0.3, -0.25) is 4.79 Å². The Morgan fingerprint density at radius 2 is 2.31 bits per heavy atom. The molecule has 0 aromatic carbocycles. The van der Waals surface area contributed by atoms with Gasteiger partial charge in [0.1, 0.15) is 6.10 Å². The molecule has 76 valence electrons. The van der Waals surface area contributed by atoms with E-state index in [1.807, 2.05) is 0 Å². The number of nitrogens with one attached hydrogen (secondary N) is 1. The number of amides is 1. The normalized spacial score (nSPS) is 18.3. The Morgan fingerprint density at radius 3 is 2.85 bits per heavy atom. The van der Waals surface area contributed by atoms with Crippen molar-refractivity contribution in [3.8, 4) is 0 Å². The van der Waals surface area contributed by atoms with Gasteiger partial charge in [0.2, 0.25) is 5.91 Å². The fraction of sp³-hybridized carbons (Fsp3) is 0.900. The molecule has 0 heterocycles. The van der Waals surface area contributed by atoms with E-state index >= 15 is 0 Å². The van der Waals surface area contributed by atoms with Gasteiger partial charge < -0.3 is 10.1 Å². The Labute approximate surface area is 79.8 Å². The summed E-state index contributed by atoms with van der Waals surface area (Å²) < 4.78 is 4.89. The Kier molecular flexibility index (Phi) is 4.22. The molecule has 1 aliphatic rings. The Balaban J connectivity index is 1.94. The van der Waals surface area contributed by atoms with Gasteiger partial charge >= 0.3 is 0 Å². The summed E-state index contributed by atoms with van der Waals surface area (Å²) in [7, 11) is 1.55. The Bertz CT molecular complexity index is 166. The molecule has 1 atom stereocenters. The largest absolute Gasteiger partial charge is 0.372 e. The van der Waals surface area contributed by atoms with Crippen LogP contribution < -0.4 is 5.32 Å². The second-order valence-electron chi connectivity index (χ2n) is 3.75. The zero-order valence-electron chi connectivity index (χ0n) is 8.51. The van der Waals surface area contributed by atoms with Gasteiger partial charge in [-0.05, 0) is 25.7 Å². The average molecular weight is 185 g/mol. The minimum Gasteiger partial charge on any atom is -0.372 e. The molecule has 3 nitrogen and oxygen atoms in total. The molecule has 1 aliphatic carbocycles. The molecule has 13 heavy (non-hydrogen) atoms. The number of hydrogen-bond donors (Lipinski definition) is 1. The fourth-order valence-corrected chi connectivity index (χ4v) is 1.26. The molecule has 0 aliphatic heterocycles. The highest BCUT2D eigenvalue weighted by Gasteiger charge is 2.20. The molecule has 3 heteroatoms. The van der Waals surface area contributed by atoms with Crippen molar-refractivity contribution in [3.63, 3.8) is 0 Å². The van der Waals surface area contributed by atoms with Crippen LogP contribution in [0.4, 0.5) is 0 Å². The summed E-state index contributed by atoms with van der Waals surface area (Å²) >= 11 is 0. The quantitative estimate of drug-likeness (QED) is 0.634. The summed E-state index contributed by atoms with van der Waals surface area (Å²) in [6.07, 6.45) is 4.83. The topological polar surface area (TPSA) is 38.3 Å². The van der Waals surface area contributed by atoms with Crippen LogP contribution in [-0.2, 0) is 9.53 Å². The number of carbonyl (C=O) groups excluding carboxylic acids is 1. The molecule has 1 amide bonds. The molecule has 1 saturated carbocycles. The second kappa shape index (κ2) is 5.22. The van der Waals surface area contributed by atoms with Gasteiger partial charge in [-0.2, -0.15) is 0 Å². The Hall–Kier alpha value is -0.570. The van der Waals surface area contributed by atoms with E-state index in [2.05, 4.69) is 5.32 Å². The van der Waals surface area contributed by atoms with Gasteiger partial charge in [0.05, 0.1) is 0 Å². The number of ether oxygens (including phenoxy) is 1. The molecule has 0 bridgehead atoms. The van der Waals surface area contributed by atoms with Crippen LogP contribution in [0.3, 0.4) is 0 Å². The highest BCUT2D eigenvalue weighted by atomic mass is 16.5. The van der Waals surface area contributed by atoms with Crippen LogP contribution >= 0.6 is 0 Å². The first kappa shape index (κ1) is 10.5. The summed E-state index contributed by atoms with van der Waals surface area (Å²) in [6.45, 7) is 2.55. The summed E-state index contributed by atoms with van der Waals surface area (Å²) in [5.41, 5.74) is 0. The maximum absolute atomic E-state index is 11.2. The lowest BCUT2D eigenvalue weighted by Gasteiger charge is -2.09. The van der Waals surface area contributed by atoms with Gasteiger partial charge in [-0.25, -0.2) is 0 Å². The van der Waals surface area contributed by atoms with E-state index in [9.17, 15) is 4.79 Å². The number of rotatable bonds is 6. The van der Waals surface area contributed by atoms with Gasteiger partial charge in [-0.15, -0.1) is 0 Å². The van der Waals surface area contributed by atoms with Crippen LogP contribution in [-0.4, -0.2) is 25.7 Å². The van der Waals surface area contributed by atoms with Crippen molar-refractivity contribution < 1.29 is 9.53 Å². The fourth-order valence-electron chi connectivity index (χ4n) is 1.26. The predicted molar refractivity (Wildman–Crippen MR) is 51.4 cm³/mol.